The van der Waals surface area contributed by atoms with Crippen molar-refractivity contribution in [2.24, 2.45) is 4.40 Å². The predicted octanol–water partition coefficient (Wildman–Crippen LogP) is 0.385. The molecular weight excluding hydrogens is 220 g/mol. The third-order valence-electron chi connectivity index (χ3n) is 1.90. The minimum atomic E-state index is -3.76. The second kappa shape index (κ2) is 3.65. The van der Waals surface area contributed by atoms with Crippen LogP contribution in [0.25, 0.3) is 0 Å². The molecule has 84 valence electrons. The number of hydrogen-bond acceptors (Lipinski definition) is 3. The van der Waals surface area contributed by atoms with E-state index in [1.165, 1.54) is 6.92 Å². The van der Waals surface area contributed by atoms with Gasteiger partial charge in [0.15, 0.2) is 0 Å². The van der Waals surface area contributed by atoms with E-state index in [-0.39, 0.29) is 17.3 Å². The van der Waals surface area contributed by atoms with Crippen molar-refractivity contribution < 1.29 is 18.3 Å². The molecule has 6 nitrogen and oxygen atoms in total. The SMILES string of the molecule is CC1=NS(=O)(=O)N(C(C)C)C=C1C(=O)O. The molecule has 0 amide bonds. The van der Waals surface area contributed by atoms with Crippen LogP contribution in [0.1, 0.15) is 20.8 Å². The Kier molecular flexibility index (Phi) is 2.85. The molecule has 0 saturated carbocycles. The predicted molar refractivity (Wildman–Crippen MR) is 54.7 cm³/mol. The molecule has 0 aliphatic carbocycles. The normalized spacial score (nSPS) is 19.9. The van der Waals surface area contributed by atoms with Gasteiger partial charge in [0.1, 0.15) is 0 Å². The lowest BCUT2D eigenvalue weighted by Crippen LogP contribution is -2.36. The second-order valence-corrected chi connectivity index (χ2v) is 4.93. The van der Waals surface area contributed by atoms with E-state index in [1.807, 2.05) is 0 Å². The van der Waals surface area contributed by atoms with Gasteiger partial charge in [-0.3, -0.25) is 4.31 Å². The molecule has 0 fully saturated rings. The van der Waals surface area contributed by atoms with Gasteiger partial charge in [-0.15, -0.1) is 4.40 Å². The molecule has 1 aliphatic heterocycles. The molecule has 1 aliphatic rings. The average Bonchev–Trinajstić information content (AvgIpc) is 1.99. The van der Waals surface area contributed by atoms with Crippen LogP contribution in [0.4, 0.5) is 0 Å². The van der Waals surface area contributed by atoms with Crippen LogP contribution in [0.2, 0.25) is 0 Å². The van der Waals surface area contributed by atoms with Crippen molar-refractivity contribution in [1.29, 1.82) is 0 Å². The maximum absolute atomic E-state index is 11.5. The Morgan fingerprint density at radius 3 is 2.47 bits per heavy atom. The molecule has 0 aromatic carbocycles. The van der Waals surface area contributed by atoms with E-state index < -0.39 is 16.2 Å². The van der Waals surface area contributed by atoms with Crippen molar-refractivity contribution in [3.8, 4) is 0 Å². The van der Waals surface area contributed by atoms with E-state index in [2.05, 4.69) is 4.40 Å². The van der Waals surface area contributed by atoms with Crippen LogP contribution in [0.15, 0.2) is 16.2 Å². The minimum absolute atomic E-state index is 0.000556. The molecule has 0 saturated heterocycles. The standard InChI is InChI=1S/C8H12N2O4S/c1-5(2)10-4-7(8(11)12)6(3)9-15(10,13)14/h4-5H,1-3H3,(H,11,12). The summed E-state index contributed by atoms with van der Waals surface area (Å²) in [6, 6.07) is -0.360. The Morgan fingerprint density at radius 1 is 1.53 bits per heavy atom. The molecule has 0 unspecified atom stereocenters. The number of rotatable bonds is 2. The molecule has 0 bridgehead atoms. The second-order valence-electron chi connectivity index (χ2n) is 3.43. The summed E-state index contributed by atoms with van der Waals surface area (Å²) >= 11 is 0. The lowest BCUT2D eigenvalue weighted by atomic mass is 10.2. The number of nitrogens with zero attached hydrogens (tertiary/aromatic N) is 2. The van der Waals surface area contributed by atoms with E-state index in [0.29, 0.717) is 0 Å². The van der Waals surface area contributed by atoms with Gasteiger partial charge in [0.25, 0.3) is 0 Å². The van der Waals surface area contributed by atoms with Gasteiger partial charge in [0, 0.05) is 12.2 Å². The van der Waals surface area contributed by atoms with E-state index in [4.69, 9.17) is 5.11 Å². The largest absolute Gasteiger partial charge is 0.478 e. The molecule has 0 atom stereocenters. The monoisotopic (exact) mass is 232 g/mol. The van der Waals surface area contributed by atoms with Gasteiger partial charge in [0.05, 0.1) is 11.3 Å². The molecular formula is C8H12N2O4S. The first-order valence-corrected chi connectivity index (χ1v) is 5.71. The number of carbonyl (C=O) groups is 1. The van der Waals surface area contributed by atoms with Crippen molar-refractivity contribution >= 4 is 21.9 Å². The third-order valence-corrected chi connectivity index (χ3v) is 3.47. The van der Waals surface area contributed by atoms with Crippen LogP contribution >= 0.6 is 0 Å². The summed E-state index contributed by atoms with van der Waals surface area (Å²) in [7, 11) is -3.76. The molecule has 15 heavy (non-hydrogen) atoms. The van der Waals surface area contributed by atoms with E-state index in [0.717, 1.165) is 10.5 Å². The van der Waals surface area contributed by atoms with Crippen molar-refractivity contribution in [2.75, 3.05) is 0 Å². The van der Waals surface area contributed by atoms with E-state index >= 15 is 0 Å². The highest BCUT2D eigenvalue weighted by molar-refractivity contribution is 7.88. The van der Waals surface area contributed by atoms with Crippen molar-refractivity contribution in [1.82, 2.24) is 4.31 Å². The highest BCUT2D eigenvalue weighted by atomic mass is 32.2. The fourth-order valence-corrected chi connectivity index (χ4v) is 2.49. The van der Waals surface area contributed by atoms with Gasteiger partial charge in [-0.25, -0.2) is 4.79 Å². The third kappa shape index (κ3) is 2.17. The van der Waals surface area contributed by atoms with Crippen molar-refractivity contribution in [2.45, 2.75) is 26.8 Å². The molecule has 0 radical (unpaired) electrons. The summed E-state index contributed by atoms with van der Waals surface area (Å²) in [6.45, 7) is 4.64. The van der Waals surface area contributed by atoms with Crippen LogP contribution < -0.4 is 0 Å². The quantitative estimate of drug-likeness (QED) is 0.745. The number of carboxylic acid groups (broad SMARTS) is 1. The number of hydrogen-bond donors (Lipinski definition) is 1. The van der Waals surface area contributed by atoms with E-state index in [1.54, 1.807) is 13.8 Å². The first-order valence-electron chi connectivity index (χ1n) is 4.31. The molecule has 7 heteroatoms. The summed E-state index contributed by atoms with van der Waals surface area (Å²) in [5.74, 6) is -1.18. The summed E-state index contributed by atoms with van der Waals surface area (Å²) in [4.78, 5) is 10.8. The Bertz CT molecular complexity index is 447. The van der Waals surface area contributed by atoms with E-state index in [9.17, 15) is 13.2 Å². The van der Waals surface area contributed by atoms with Crippen LogP contribution in [-0.4, -0.2) is 35.6 Å². The average molecular weight is 232 g/mol. The van der Waals surface area contributed by atoms with Crippen LogP contribution in [0.5, 0.6) is 0 Å². The van der Waals surface area contributed by atoms with Gasteiger partial charge < -0.3 is 5.11 Å². The zero-order chi connectivity index (χ0) is 11.8. The maximum atomic E-state index is 11.5. The topological polar surface area (TPSA) is 87.0 Å². The first-order chi connectivity index (χ1) is 6.75. The fraction of sp³-hybridized carbons (Fsp3) is 0.500. The smallest absolute Gasteiger partial charge is 0.344 e. The molecule has 0 aromatic rings. The van der Waals surface area contributed by atoms with Crippen molar-refractivity contribution in [3.63, 3.8) is 0 Å². The van der Waals surface area contributed by atoms with Crippen LogP contribution in [-0.2, 0) is 15.0 Å². The Morgan fingerprint density at radius 2 is 2.07 bits per heavy atom. The summed E-state index contributed by atoms with van der Waals surface area (Å²) < 4.78 is 27.3. The molecule has 0 aromatic heterocycles. The highest BCUT2D eigenvalue weighted by Gasteiger charge is 2.29. The zero-order valence-electron chi connectivity index (χ0n) is 8.63. The molecule has 0 spiro atoms. The minimum Gasteiger partial charge on any atom is -0.478 e. The zero-order valence-corrected chi connectivity index (χ0v) is 9.45. The van der Waals surface area contributed by atoms with Gasteiger partial charge in [-0.05, 0) is 20.8 Å². The lowest BCUT2D eigenvalue weighted by Gasteiger charge is -2.25. The molecule has 1 N–H and O–H groups in total. The summed E-state index contributed by atoms with van der Waals surface area (Å²) in [5.41, 5.74) is -0.0991. The van der Waals surface area contributed by atoms with Gasteiger partial charge in [0.2, 0.25) is 0 Å². The fourth-order valence-electron chi connectivity index (χ4n) is 1.18. The van der Waals surface area contributed by atoms with Gasteiger partial charge >= 0.3 is 16.2 Å². The first kappa shape index (κ1) is 11.7. The van der Waals surface area contributed by atoms with Crippen LogP contribution in [0, 0.1) is 0 Å². The number of aliphatic carboxylic acids is 1. The van der Waals surface area contributed by atoms with Crippen LogP contribution in [0.3, 0.4) is 0 Å². The summed E-state index contributed by atoms with van der Waals surface area (Å²) in [6.07, 6.45) is 1.10. The lowest BCUT2D eigenvalue weighted by molar-refractivity contribution is -0.132. The molecule has 1 rings (SSSR count). The van der Waals surface area contributed by atoms with Gasteiger partial charge in [-0.1, -0.05) is 0 Å². The highest BCUT2D eigenvalue weighted by Crippen LogP contribution is 2.18. The maximum Gasteiger partial charge on any atom is 0.344 e. The Labute approximate surface area is 88.1 Å². The summed E-state index contributed by atoms with van der Waals surface area (Å²) in [5, 5.41) is 8.81. The Balaban J connectivity index is 3.28. The van der Waals surface area contributed by atoms with Crippen molar-refractivity contribution in [3.05, 3.63) is 11.8 Å². The number of carboxylic acids is 1. The van der Waals surface area contributed by atoms with Gasteiger partial charge in [-0.2, -0.15) is 8.42 Å². The Hall–Kier alpha value is -1.37. The molecule has 1 heterocycles.